The number of nitrogens with one attached hydrogen (secondary N) is 1. The molecule has 2 rings (SSSR count). The van der Waals surface area contributed by atoms with Crippen LogP contribution in [0.3, 0.4) is 0 Å². The summed E-state index contributed by atoms with van der Waals surface area (Å²) in [6.07, 6.45) is 3.24. The first-order valence-corrected chi connectivity index (χ1v) is 8.98. The van der Waals surface area contributed by atoms with Gasteiger partial charge in [-0.2, -0.15) is 5.10 Å². The largest absolute Gasteiger partial charge is 0.322 e. The molecule has 2 aromatic rings. The molecule has 0 bridgehead atoms. The van der Waals surface area contributed by atoms with Gasteiger partial charge < -0.3 is 5.32 Å². The van der Waals surface area contributed by atoms with Crippen molar-refractivity contribution in [1.29, 1.82) is 0 Å². The van der Waals surface area contributed by atoms with Crippen LogP contribution in [-0.4, -0.2) is 15.7 Å². The van der Waals surface area contributed by atoms with Crippen LogP contribution in [0.15, 0.2) is 30.3 Å². The van der Waals surface area contributed by atoms with E-state index in [1.54, 1.807) is 10.8 Å². The number of anilines is 1. The zero-order valence-electron chi connectivity index (χ0n) is 15.5. The number of rotatable bonds is 6. The molecule has 0 saturated carbocycles. The zero-order valence-corrected chi connectivity index (χ0v) is 16.3. The Morgan fingerprint density at radius 3 is 2.60 bits per heavy atom. The first-order valence-electron chi connectivity index (χ1n) is 8.60. The molecule has 1 heterocycles. The van der Waals surface area contributed by atoms with Crippen molar-refractivity contribution in [2.75, 3.05) is 5.32 Å². The Bertz CT molecular complexity index is 775. The second-order valence-electron chi connectivity index (χ2n) is 6.93. The molecule has 0 aliphatic carbocycles. The molecule has 0 aliphatic rings. The lowest BCUT2D eigenvalue weighted by Gasteiger charge is -2.12. The minimum Gasteiger partial charge on any atom is -0.322 e. The molecular weight excluding hydrogens is 334 g/mol. The molecule has 0 aliphatic heterocycles. The van der Waals surface area contributed by atoms with Crippen molar-refractivity contribution in [3.63, 3.8) is 0 Å². The molecule has 0 radical (unpaired) electrons. The second kappa shape index (κ2) is 8.34. The Morgan fingerprint density at radius 1 is 1.28 bits per heavy atom. The van der Waals surface area contributed by atoms with Crippen molar-refractivity contribution in [2.24, 2.45) is 5.92 Å². The van der Waals surface area contributed by atoms with E-state index in [-0.39, 0.29) is 5.91 Å². The molecule has 4 nitrogen and oxygen atoms in total. The first kappa shape index (κ1) is 19.3. The average molecular weight is 360 g/mol. The van der Waals surface area contributed by atoms with Crippen molar-refractivity contribution < 1.29 is 4.79 Å². The number of carbonyl (C=O) groups excluding carboxylic acids is 1. The summed E-state index contributed by atoms with van der Waals surface area (Å²) in [6, 6.07) is 7.84. The van der Waals surface area contributed by atoms with E-state index in [1.807, 2.05) is 31.2 Å². The van der Waals surface area contributed by atoms with Crippen molar-refractivity contribution >= 4 is 29.3 Å². The van der Waals surface area contributed by atoms with Crippen LogP contribution in [0.4, 0.5) is 5.69 Å². The molecule has 0 unspecified atom stereocenters. The summed E-state index contributed by atoms with van der Waals surface area (Å²) >= 11 is 6.40. The van der Waals surface area contributed by atoms with Crippen molar-refractivity contribution in [1.82, 2.24) is 9.78 Å². The Labute approximate surface area is 154 Å². The van der Waals surface area contributed by atoms with Gasteiger partial charge >= 0.3 is 0 Å². The van der Waals surface area contributed by atoms with Crippen molar-refractivity contribution in [2.45, 2.75) is 47.1 Å². The molecule has 134 valence electrons. The van der Waals surface area contributed by atoms with E-state index in [9.17, 15) is 4.79 Å². The molecule has 1 aromatic carbocycles. The van der Waals surface area contributed by atoms with Crippen LogP contribution in [0.1, 0.15) is 50.4 Å². The highest BCUT2D eigenvalue weighted by atomic mass is 35.5. The SMILES string of the molecule is Cc1nn(CC(C)C)c(Cl)c1/C=C/C(=O)Nc1ccccc1C(C)C. The van der Waals surface area contributed by atoms with Gasteiger partial charge in [0.1, 0.15) is 5.15 Å². The summed E-state index contributed by atoms with van der Waals surface area (Å²) in [4.78, 5) is 12.3. The highest BCUT2D eigenvalue weighted by molar-refractivity contribution is 6.31. The van der Waals surface area contributed by atoms with Gasteiger partial charge in [-0.05, 0) is 36.5 Å². The fourth-order valence-corrected chi connectivity index (χ4v) is 2.98. The molecule has 1 N–H and O–H groups in total. The van der Waals surface area contributed by atoms with E-state index < -0.39 is 0 Å². The maximum absolute atomic E-state index is 12.3. The van der Waals surface area contributed by atoms with Crippen molar-refractivity contribution in [3.05, 3.63) is 52.3 Å². The highest BCUT2D eigenvalue weighted by Gasteiger charge is 2.13. The zero-order chi connectivity index (χ0) is 18.6. The third-order valence-corrected chi connectivity index (χ3v) is 4.29. The van der Waals surface area contributed by atoms with Gasteiger partial charge in [0.05, 0.1) is 5.69 Å². The summed E-state index contributed by atoms with van der Waals surface area (Å²) in [5.74, 6) is 0.607. The van der Waals surface area contributed by atoms with Gasteiger partial charge in [-0.15, -0.1) is 0 Å². The predicted molar refractivity (Wildman–Crippen MR) is 105 cm³/mol. The molecule has 0 saturated heterocycles. The second-order valence-corrected chi connectivity index (χ2v) is 7.29. The maximum Gasteiger partial charge on any atom is 0.248 e. The Balaban J connectivity index is 2.15. The lowest BCUT2D eigenvalue weighted by molar-refractivity contribution is -0.111. The molecule has 0 atom stereocenters. The van der Waals surface area contributed by atoms with Gasteiger partial charge in [-0.25, -0.2) is 0 Å². The van der Waals surface area contributed by atoms with Gasteiger partial charge in [0, 0.05) is 23.9 Å². The van der Waals surface area contributed by atoms with E-state index in [2.05, 4.69) is 38.1 Å². The summed E-state index contributed by atoms with van der Waals surface area (Å²) in [5, 5.41) is 7.96. The minimum atomic E-state index is -0.180. The third kappa shape index (κ3) is 4.95. The van der Waals surface area contributed by atoms with Crippen LogP contribution in [0.5, 0.6) is 0 Å². The van der Waals surface area contributed by atoms with E-state index in [0.29, 0.717) is 17.0 Å². The van der Waals surface area contributed by atoms with Crippen LogP contribution in [0, 0.1) is 12.8 Å². The van der Waals surface area contributed by atoms with Gasteiger partial charge in [0.2, 0.25) is 5.91 Å². The smallest absolute Gasteiger partial charge is 0.248 e. The minimum absolute atomic E-state index is 0.180. The van der Waals surface area contributed by atoms with E-state index in [0.717, 1.165) is 29.1 Å². The summed E-state index contributed by atoms with van der Waals surface area (Å²) in [5.41, 5.74) is 3.56. The van der Waals surface area contributed by atoms with E-state index in [4.69, 9.17) is 11.6 Å². The highest BCUT2D eigenvalue weighted by Crippen LogP contribution is 2.24. The number of para-hydroxylation sites is 1. The predicted octanol–water partition coefficient (Wildman–Crippen LogP) is 5.28. The van der Waals surface area contributed by atoms with Crippen molar-refractivity contribution in [3.8, 4) is 0 Å². The van der Waals surface area contributed by atoms with Gasteiger partial charge in [0.15, 0.2) is 0 Å². The molecule has 1 aromatic heterocycles. The number of amides is 1. The van der Waals surface area contributed by atoms with Crippen LogP contribution in [0.25, 0.3) is 6.08 Å². The number of aryl methyl sites for hydroxylation is 1. The summed E-state index contributed by atoms with van der Waals surface area (Å²) in [6.45, 7) is 11.1. The monoisotopic (exact) mass is 359 g/mol. The number of aromatic nitrogens is 2. The number of halogens is 1. The topological polar surface area (TPSA) is 46.9 Å². The molecule has 25 heavy (non-hydrogen) atoms. The molecule has 0 spiro atoms. The number of nitrogens with zero attached hydrogens (tertiary/aromatic N) is 2. The van der Waals surface area contributed by atoms with Gasteiger partial charge in [-0.3, -0.25) is 9.48 Å². The number of hydrogen-bond acceptors (Lipinski definition) is 2. The van der Waals surface area contributed by atoms with Crippen LogP contribution < -0.4 is 5.32 Å². The lowest BCUT2D eigenvalue weighted by Crippen LogP contribution is -2.10. The van der Waals surface area contributed by atoms with Crippen LogP contribution in [0.2, 0.25) is 5.15 Å². The first-order chi connectivity index (χ1) is 11.8. The van der Waals surface area contributed by atoms with Crippen LogP contribution >= 0.6 is 11.6 Å². The molecule has 0 fully saturated rings. The standard InChI is InChI=1S/C20H26ClN3O/c1-13(2)12-24-20(21)17(15(5)23-24)10-11-19(25)22-18-9-7-6-8-16(18)14(3)4/h6-11,13-14H,12H2,1-5H3,(H,22,25)/b11-10+. The maximum atomic E-state index is 12.3. The third-order valence-electron chi connectivity index (χ3n) is 3.89. The van der Waals surface area contributed by atoms with E-state index >= 15 is 0 Å². The molecule has 5 heteroatoms. The summed E-state index contributed by atoms with van der Waals surface area (Å²) in [7, 11) is 0. The fourth-order valence-electron chi connectivity index (χ4n) is 2.67. The quantitative estimate of drug-likeness (QED) is 0.713. The Hall–Kier alpha value is -2.07. The van der Waals surface area contributed by atoms with Crippen LogP contribution in [-0.2, 0) is 11.3 Å². The number of benzene rings is 1. The normalized spacial score (nSPS) is 11.7. The molecule has 1 amide bonds. The van der Waals surface area contributed by atoms with Gasteiger partial charge in [-0.1, -0.05) is 57.5 Å². The lowest BCUT2D eigenvalue weighted by atomic mass is 10.0. The average Bonchev–Trinajstić information content (AvgIpc) is 2.79. The Kier molecular flexibility index (Phi) is 6.43. The Morgan fingerprint density at radius 2 is 1.96 bits per heavy atom. The molecular formula is C20H26ClN3O. The summed E-state index contributed by atoms with van der Waals surface area (Å²) < 4.78 is 1.78. The fraction of sp³-hybridized carbons (Fsp3) is 0.400. The van der Waals surface area contributed by atoms with Gasteiger partial charge in [0.25, 0.3) is 0 Å². The number of carbonyl (C=O) groups is 1. The van der Waals surface area contributed by atoms with E-state index in [1.165, 1.54) is 6.08 Å². The number of hydrogen-bond donors (Lipinski definition) is 1.